The van der Waals surface area contributed by atoms with Gasteiger partial charge >= 0.3 is 5.00 Å². The molecule has 1 aromatic heterocycles. The second-order valence-corrected chi connectivity index (χ2v) is 5.07. The molecule has 1 aliphatic rings. The minimum atomic E-state index is -0.380. The lowest BCUT2D eigenvalue weighted by Gasteiger charge is -2.05. The molecule has 0 fully saturated rings. The van der Waals surface area contributed by atoms with Gasteiger partial charge in [0, 0.05) is 29.2 Å². The van der Waals surface area contributed by atoms with Gasteiger partial charge in [-0.05, 0) is 18.2 Å². The van der Waals surface area contributed by atoms with Crippen LogP contribution in [-0.2, 0) is 6.54 Å². The third kappa shape index (κ3) is 2.45. The van der Waals surface area contributed by atoms with Crippen LogP contribution in [0.25, 0.3) is 0 Å². The van der Waals surface area contributed by atoms with Crippen molar-refractivity contribution in [2.24, 2.45) is 0 Å². The first-order valence-corrected chi connectivity index (χ1v) is 6.40. The van der Waals surface area contributed by atoms with E-state index in [1.165, 1.54) is 17.4 Å². The summed E-state index contributed by atoms with van der Waals surface area (Å²) in [5.41, 5.74) is 0.889. The Morgan fingerprint density at radius 1 is 1.26 bits per heavy atom. The first-order chi connectivity index (χ1) is 9.22. The molecular formula is C12H10N2O4S. The normalized spacial score (nSPS) is 12.4. The summed E-state index contributed by atoms with van der Waals surface area (Å²) in [6, 6.07) is 8.84. The summed E-state index contributed by atoms with van der Waals surface area (Å²) in [5, 5.41) is 13.9. The van der Waals surface area contributed by atoms with Gasteiger partial charge in [0.25, 0.3) is 0 Å². The van der Waals surface area contributed by atoms with Crippen molar-refractivity contribution >= 4 is 22.0 Å². The van der Waals surface area contributed by atoms with Gasteiger partial charge in [0.1, 0.15) is 0 Å². The van der Waals surface area contributed by atoms with E-state index in [1.807, 2.05) is 18.2 Å². The monoisotopic (exact) mass is 278 g/mol. The number of nitrogens with one attached hydrogen (secondary N) is 1. The maximum Gasteiger partial charge on any atom is 0.324 e. The molecule has 0 atom stereocenters. The molecule has 0 unspecified atom stereocenters. The topological polar surface area (TPSA) is 73.6 Å². The summed E-state index contributed by atoms with van der Waals surface area (Å²) in [6.45, 7) is 0.786. The molecule has 0 spiro atoms. The number of thiophene rings is 1. The number of benzene rings is 1. The predicted molar refractivity (Wildman–Crippen MR) is 70.9 cm³/mol. The number of fused-ring (bicyclic) bond motifs is 1. The van der Waals surface area contributed by atoms with Crippen LogP contribution >= 0.6 is 11.3 Å². The molecule has 0 amide bonds. The second kappa shape index (κ2) is 4.77. The maximum atomic E-state index is 10.6. The molecule has 0 radical (unpaired) electrons. The van der Waals surface area contributed by atoms with Gasteiger partial charge in [-0.3, -0.25) is 10.1 Å². The highest BCUT2D eigenvalue weighted by Crippen LogP contribution is 2.34. The van der Waals surface area contributed by atoms with Crippen molar-refractivity contribution in [1.82, 2.24) is 0 Å². The molecule has 19 heavy (non-hydrogen) atoms. The van der Waals surface area contributed by atoms with Crippen LogP contribution in [0.4, 0.5) is 10.7 Å². The van der Waals surface area contributed by atoms with E-state index in [1.54, 1.807) is 6.07 Å². The van der Waals surface area contributed by atoms with E-state index in [9.17, 15) is 10.1 Å². The van der Waals surface area contributed by atoms with Gasteiger partial charge in [-0.15, -0.1) is 0 Å². The van der Waals surface area contributed by atoms with Gasteiger partial charge in [-0.25, -0.2) is 0 Å². The zero-order valence-electron chi connectivity index (χ0n) is 9.79. The number of rotatable bonds is 4. The van der Waals surface area contributed by atoms with Crippen LogP contribution < -0.4 is 14.8 Å². The van der Waals surface area contributed by atoms with E-state index in [-0.39, 0.29) is 16.7 Å². The van der Waals surface area contributed by atoms with Crippen molar-refractivity contribution < 1.29 is 14.4 Å². The van der Waals surface area contributed by atoms with Crippen LogP contribution in [0.3, 0.4) is 0 Å². The van der Waals surface area contributed by atoms with Crippen LogP contribution in [-0.4, -0.2) is 11.7 Å². The molecule has 2 heterocycles. The van der Waals surface area contributed by atoms with Gasteiger partial charge in [-0.2, -0.15) is 0 Å². The highest BCUT2D eigenvalue weighted by molar-refractivity contribution is 7.15. The molecule has 3 rings (SSSR count). The van der Waals surface area contributed by atoms with Gasteiger partial charge in [0.05, 0.1) is 4.92 Å². The molecular weight excluding hydrogens is 268 g/mol. The number of nitro groups is 1. The molecule has 98 valence electrons. The van der Waals surface area contributed by atoms with Gasteiger partial charge in [0.15, 0.2) is 11.5 Å². The molecule has 1 N–H and O–H groups in total. The Morgan fingerprint density at radius 2 is 2.11 bits per heavy atom. The largest absolute Gasteiger partial charge is 0.454 e. The Balaban J connectivity index is 1.67. The summed E-state index contributed by atoms with van der Waals surface area (Å²) in [5.74, 6) is 1.44. The third-order valence-electron chi connectivity index (χ3n) is 2.67. The fourth-order valence-electron chi connectivity index (χ4n) is 1.76. The fourth-order valence-corrected chi connectivity index (χ4v) is 2.52. The van der Waals surface area contributed by atoms with E-state index in [2.05, 4.69) is 5.32 Å². The van der Waals surface area contributed by atoms with E-state index in [0.29, 0.717) is 12.3 Å². The van der Waals surface area contributed by atoms with Crippen LogP contribution in [0.1, 0.15) is 4.88 Å². The molecule has 2 aromatic rings. The highest BCUT2D eigenvalue weighted by Gasteiger charge is 2.13. The summed E-state index contributed by atoms with van der Waals surface area (Å²) >= 11 is 1.17. The standard InChI is InChI=1S/C12H10N2O4S/c15-14(16)12-4-2-9(19-12)6-13-8-1-3-10-11(5-8)18-7-17-10/h1-5,13H,6-7H2. The molecule has 0 saturated carbocycles. The molecule has 0 bridgehead atoms. The average molecular weight is 278 g/mol. The molecule has 1 aliphatic heterocycles. The van der Waals surface area contributed by atoms with E-state index in [4.69, 9.17) is 9.47 Å². The quantitative estimate of drug-likeness (QED) is 0.687. The summed E-state index contributed by atoms with van der Waals surface area (Å²) < 4.78 is 10.5. The zero-order chi connectivity index (χ0) is 13.2. The highest BCUT2D eigenvalue weighted by atomic mass is 32.1. The van der Waals surface area contributed by atoms with Crippen LogP contribution in [0.2, 0.25) is 0 Å². The maximum absolute atomic E-state index is 10.6. The van der Waals surface area contributed by atoms with Gasteiger partial charge < -0.3 is 14.8 Å². The Labute approximate surface area is 112 Å². The number of hydrogen-bond donors (Lipinski definition) is 1. The minimum absolute atomic E-state index is 0.155. The van der Waals surface area contributed by atoms with Crippen molar-refractivity contribution in [3.8, 4) is 11.5 Å². The first-order valence-electron chi connectivity index (χ1n) is 5.59. The minimum Gasteiger partial charge on any atom is -0.454 e. The number of hydrogen-bond acceptors (Lipinski definition) is 6. The van der Waals surface area contributed by atoms with Gasteiger partial charge in [0.2, 0.25) is 6.79 Å². The van der Waals surface area contributed by atoms with Crippen molar-refractivity contribution in [3.05, 3.63) is 45.3 Å². The summed E-state index contributed by atoms with van der Waals surface area (Å²) in [7, 11) is 0. The Bertz CT molecular complexity index is 626. The van der Waals surface area contributed by atoms with Crippen molar-refractivity contribution in [3.63, 3.8) is 0 Å². The fraction of sp³-hybridized carbons (Fsp3) is 0.167. The molecule has 0 saturated heterocycles. The van der Waals surface area contributed by atoms with Gasteiger partial charge in [-0.1, -0.05) is 11.3 Å². The van der Waals surface area contributed by atoms with Crippen molar-refractivity contribution in [2.45, 2.75) is 6.54 Å². The number of nitrogens with zero attached hydrogens (tertiary/aromatic N) is 1. The third-order valence-corrected chi connectivity index (χ3v) is 3.70. The Morgan fingerprint density at radius 3 is 2.89 bits per heavy atom. The Hall–Kier alpha value is -2.28. The molecule has 1 aromatic carbocycles. The smallest absolute Gasteiger partial charge is 0.324 e. The lowest BCUT2D eigenvalue weighted by Crippen LogP contribution is -1.97. The van der Waals surface area contributed by atoms with Crippen LogP contribution in [0.15, 0.2) is 30.3 Å². The summed E-state index contributed by atoms with van der Waals surface area (Å²) in [6.07, 6.45) is 0. The number of anilines is 1. The number of ether oxygens (including phenoxy) is 2. The predicted octanol–water partition coefficient (Wildman–Crippen LogP) is 3.00. The lowest BCUT2D eigenvalue weighted by molar-refractivity contribution is -0.380. The first kappa shape index (κ1) is 11.8. The van der Waals surface area contributed by atoms with E-state index >= 15 is 0 Å². The zero-order valence-corrected chi connectivity index (χ0v) is 10.6. The summed E-state index contributed by atoms with van der Waals surface area (Å²) in [4.78, 5) is 11.1. The molecule has 7 heteroatoms. The van der Waals surface area contributed by atoms with Crippen molar-refractivity contribution in [1.29, 1.82) is 0 Å². The van der Waals surface area contributed by atoms with Crippen LogP contribution in [0.5, 0.6) is 11.5 Å². The van der Waals surface area contributed by atoms with Crippen molar-refractivity contribution in [2.75, 3.05) is 12.1 Å². The van der Waals surface area contributed by atoms with E-state index in [0.717, 1.165) is 16.3 Å². The SMILES string of the molecule is O=[N+]([O-])c1ccc(CNc2ccc3c(c2)OCO3)s1. The average Bonchev–Trinajstić information content (AvgIpc) is 3.04. The Kier molecular flexibility index (Phi) is 2.96. The molecule has 0 aliphatic carbocycles. The lowest BCUT2D eigenvalue weighted by atomic mass is 10.3. The molecule has 6 nitrogen and oxygen atoms in total. The van der Waals surface area contributed by atoms with E-state index < -0.39 is 0 Å². The van der Waals surface area contributed by atoms with Crippen LogP contribution in [0, 0.1) is 10.1 Å². The second-order valence-electron chi connectivity index (χ2n) is 3.92.